The Labute approximate surface area is 115 Å². The molecule has 98 valence electrons. The lowest BCUT2D eigenvalue weighted by Gasteiger charge is -2.13. The van der Waals surface area contributed by atoms with Gasteiger partial charge in [0.05, 0.1) is 10.6 Å². The van der Waals surface area contributed by atoms with Crippen LogP contribution in [-0.4, -0.2) is 28.4 Å². The molecule has 0 spiro atoms. The third kappa shape index (κ3) is 2.88. The van der Waals surface area contributed by atoms with E-state index in [9.17, 15) is 4.79 Å². The molecular weight excluding hydrogens is 272 g/mol. The fourth-order valence-corrected chi connectivity index (χ4v) is 2.55. The first-order valence-corrected chi connectivity index (χ1v) is 7.16. The smallest absolute Gasteiger partial charge is 0.252 e. The Hall–Kier alpha value is -0.980. The number of amides is 1. The van der Waals surface area contributed by atoms with Gasteiger partial charge in [0, 0.05) is 17.5 Å². The van der Waals surface area contributed by atoms with E-state index in [0.29, 0.717) is 22.9 Å². The molecular formula is C11H15ClN4OS. The topological polar surface area (TPSA) is 80.0 Å². The van der Waals surface area contributed by atoms with Crippen molar-refractivity contribution in [1.82, 2.24) is 10.3 Å². The Morgan fingerprint density at radius 1 is 1.67 bits per heavy atom. The van der Waals surface area contributed by atoms with Gasteiger partial charge in [-0.2, -0.15) is 11.8 Å². The standard InChI is InChI=1S/C11H15ClN4OS/c1-18-11(2-3-11)6-15-10(17)7-4-8(12)9(16-13)14-5-7/h4-5H,2-3,6,13H2,1H3,(H,14,16)(H,15,17). The first-order chi connectivity index (χ1) is 8.60. The number of aromatic nitrogens is 1. The van der Waals surface area contributed by atoms with Crippen molar-refractivity contribution in [2.45, 2.75) is 17.6 Å². The third-order valence-corrected chi connectivity index (χ3v) is 4.76. The minimum atomic E-state index is -0.159. The fraction of sp³-hybridized carbons (Fsp3) is 0.455. The number of nitrogen functional groups attached to an aromatic ring is 1. The molecule has 0 radical (unpaired) electrons. The highest BCUT2D eigenvalue weighted by Crippen LogP contribution is 2.46. The summed E-state index contributed by atoms with van der Waals surface area (Å²) in [6.45, 7) is 0.682. The average molecular weight is 287 g/mol. The van der Waals surface area contributed by atoms with Crippen LogP contribution in [0, 0.1) is 0 Å². The van der Waals surface area contributed by atoms with Crippen LogP contribution in [0.15, 0.2) is 12.3 Å². The van der Waals surface area contributed by atoms with Crippen LogP contribution in [0.2, 0.25) is 5.02 Å². The lowest BCUT2D eigenvalue weighted by Crippen LogP contribution is -2.31. The highest BCUT2D eigenvalue weighted by Gasteiger charge is 2.41. The summed E-state index contributed by atoms with van der Waals surface area (Å²) in [5.74, 6) is 5.42. The second kappa shape index (κ2) is 5.34. The van der Waals surface area contributed by atoms with Crippen molar-refractivity contribution < 1.29 is 4.79 Å². The molecule has 2 rings (SSSR count). The second-order valence-corrected chi connectivity index (χ2v) is 5.95. The summed E-state index contributed by atoms with van der Waals surface area (Å²) >= 11 is 7.72. The Balaban J connectivity index is 1.98. The molecule has 18 heavy (non-hydrogen) atoms. The van der Waals surface area contributed by atoms with E-state index < -0.39 is 0 Å². The van der Waals surface area contributed by atoms with Gasteiger partial charge in [0.15, 0.2) is 5.82 Å². The van der Waals surface area contributed by atoms with Crippen LogP contribution >= 0.6 is 23.4 Å². The molecule has 0 saturated heterocycles. The molecule has 5 nitrogen and oxygen atoms in total. The maximum absolute atomic E-state index is 11.9. The minimum Gasteiger partial charge on any atom is -0.351 e. The number of hydrogen-bond donors (Lipinski definition) is 3. The second-order valence-electron chi connectivity index (χ2n) is 4.27. The van der Waals surface area contributed by atoms with Gasteiger partial charge in [-0.25, -0.2) is 10.8 Å². The molecule has 1 amide bonds. The van der Waals surface area contributed by atoms with Crippen LogP contribution in [0.1, 0.15) is 23.2 Å². The summed E-state index contributed by atoms with van der Waals surface area (Å²) in [4.78, 5) is 15.9. The van der Waals surface area contributed by atoms with E-state index in [-0.39, 0.29) is 10.7 Å². The van der Waals surface area contributed by atoms with Crippen LogP contribution < -0.4 is 16.6 Å². The summed E-state index contributed by atoms with van der Waals surface area (Å²) in [6, 6.07) is 1.55. The van der Waals surface area contributed by atoms with Gasteiger partial charge in [-0.15, -0.1) is 0 Å². The molecule has 1 heterocycles. The van der Waals surface area contributed by atoms with E-state index >= 15 is 0 Å². The van der Waals surface area contributed by atoms with Gasteiger partial charge >= 0.3 is 0 Å². The number of carbonyl (C=O) groups excluding carboxylic acids is 1. The Morgan fingerprint density at radius 2 is 2.39 bits per heavy atom. The average Bonchev–Trinajstić information content (AvgIpc) is 3.16. The van der Waals surface area contributed by atoms with E-state index in [1.807, 2.05) is 0 Å². The maximum atomic E-state index is 11.9. The van der Waals surface area contributed by atoms with E-state index in [4.69, 9.17) is 17.4 Å². The number of nitrogens with zero attached hydrogens (tertiary/aromatic N) is 1. The summed E-state index contributed by atoms with van der Waals surface area (Å²) in [5.41, 5.74) is 2.80. The molecule has 0 bridgehead atoms. The number of nitrogens with two attached hydrogens (primary N) is 1. The number of anilines is 1. The molecule has 0 unspecified atom stereocenters. The summed E-state index contributed by atoms with van der Waals surface area (Å²) < 4.78 is 0.242. The lowest BCUT2D eigenvalue weighted by molar-refractivity contribution is 0.0952. The number of nitrogens with one attached hydrogen (secondary N) is 2. The van der Waals surface area contributed by atoms with E-state index in [2.05, 4.69) is 22.0 Å². The van der Waals surface area contributed by atoms with E-state index in [1.54, 1.807) is 17.8 Å². The van der Waals surface area contributed by atoms with Crippen molar-refractivity contribution >= 4 is 35.1 Å². The van der Waals surface area contributed by atoms with Crippen molar-refractivity contribution in [2.24, 2.45) is 5.84 Å². The molecule has 0 aliphatic heterocycles. The molecule has 7 heteroatoms. The number of thioether (sulfide) groups is 1. The minimum absolute atomic E-state index is 0.159. The maximum Gasteiger partial charge on any atom is 0.252 e. The van der Waals surface area contributed by atoms with Gasteiger partial charge in [-0.3, -0.25) is 4.79 Å². The molecule has 1 aromatic rings. The van der Waals surface area contributed by atoms with Crippen LogP contribution in [0.25, 0.3) is 0 Å². The fourth-order valence-electron chi connectivity index (χ4n) is 1.60. The first-order valence-electron chi connectivity index (χ1n) is 5.56. The molecule has 1 fully saturated rings. The van der Waals surface area contributed by atoms with Gasteiger partial charge in [-0.05, 0) is 25.2 Å². The molecule has 1 aromatic heterocycles. The van der Waals surface area contributed by atoms with Crippen molar-refractivity contribution in [3.05, 3.63) is 22.8 Å². The Kier molecular flexibility index (Phi) is 3.99. The summed E-state index contributed by atoms with van der Waals surface area (Å²) in [5, 5.41) is 3.24. The lowest BCUT2D eigenvalue weighted by atomic mass is 10.2. The van der Waals surface area contributed by atoms with Crippen molar-refractivity contribution in [3.8, 4) is 0 Å². The van der Waals surface area contributed by atoms with E-state index in [0.717, 1.165) is 12.8 Å². The van der Waals surface area contributed by atoms with Gasteiger partial charge < -0.3 is 10.7 Å². The molecule has 0 atom stereocenters. The highest BCUT2D eigenvalue weighted by molar-refractivity contribution is 8.00. The van der Waals surface area contributed by atoms with Crippen LogP contribution in [0.3, 0.4) is 0 Å². The van der Waals surface area contributed by atoms with Gasteiger partial charge in [0.2, 0.25) is 0 Å². The number of pyridine rings is 1. The molecule has 0 aromatic carbocycles. The molecule has 4 N–H and O–H groups in total. The number of rotatable bonds is 5. The number of hydrazine groups is 1. The SMILES string of the molecule is CSC1(CNC(=O)c2cnc(NN)c(Cl)c2)CC1. The monoisotopic (exact) mass is 286 g/mol. The summed E-state index contributed by atoms with van der Waals surface area (Å²) in [6.07, 6.45) is 5.83. The summed E-state index contributed by atoms with van der Waals surface area (Å²) in [7, 11) is 0. The normalized spacial score (nSPS) is 16.2. The van der Waals surface area contributed by atoms with Crippen LogP contribution in [0.4, 0.5) is 5.82 Å². The van der Waals surface area contributed by atoms with Crippen LogP contribution in [-0.2, 0) is 0 Å². The zero-order valence-corrected chi connectivity index (χ0v) is 11.6. The first kappa shape index (κ1) is 13.5. The predicted octanol–water partition coefficient (Wildman–Crippen LogP) is 1.65. The zero-order chi connectivity index (χ0) is 13.2. The van der Waals surface area contributed by atoms with Crippen molar-refractivity contribution in [1.29, 1.82) is 0 Å². The predicted molar refractivity (Wildman–Crippen MR) is 74.9 cm³/mol. The largest absolute Gasteiger partial charge is 0.351 e. The van der Waals surface area contributed by atoms with Crippen molar-refractivity contribution in [2.75, 3.05) is 18.2 Å². The van der Waals surface area contributed by atoms with Gasteiger partial charge in [-0.1, -0.05) is 11.6 Å². The Morgan fingerprint density at radius 3 is 2.89 bits per heavy atom. The molecule has 1 saturated carbocycles. The molecule has 1 aliphatic carbocycles. The van der Waals surface area contributed by atoms with Gasteiger partial charge in [0.1, 0.15) is 0 Å². The quantitative estimate of drug-likeness (QED) is 0.566. The van der Waals surface area contributed by atoms with E-state index in [1.165, 1.54) is 6.20 Å². The van der Waals surface area contributed by atoms with Gasteiger partial charge in [0.25, 0.3) is 5.91 Å². The van der Waals surface area contributed by atoms with Crippen molar-refractivity contribution in [3.63, 3.8) is 0 Å². The third-order valence-electron chi connectivity index (χ3n) is 3.05. The number of carbonyl (C=O) groups is 1. The zero-order valence-electron chi connectivity index (χ0n) is 10.00. The number of halogens is 1. The molecule has 1 aliphatic rings. The highest BCUT2D eigenvalue weighted by atomic mass is 35.5. The number of hydrogen-bond acceptors (Lipinski definition) is 5. The van der Waals surface area contributed by atoms with Crippen LogP contribution in [0.5, 0.6) is 0 Å². The Bertz CT molecular complexity index is 464.